The summed E-state index contributed by atoms with van der Waals surface area (Å²) in [6, 6.07) is 24.2. The zero-order valence-corrected chi connectivity index (χ0v) is 28.6. The fraction of sp³-hybridized carbons (Fsp3) is 0.447. The Morgan fingerprint density at radius 1 is 0.980 bits per heavy atom. The van der Waals surface area contributed by atoms with Crippen molar-refractivity contribution in [3.05, 3.63) is 77.9 Å². The average molecular weight is 667 g/mol. The van der Waals surface area contributed by atoms with Crippen LogP contribution in [0.1, 0.15) is 41.6 Å². The van der Waals surface area contributed by atoms with Crippen LogP contribution in [-0.2, 0) is 16.7 Å². The maximum Gasteiger partial charge on any atom is 0.204 e. The molecule has 4 aromatic rings. The van der Waals surface area contributed by atoms with Crippen LogP contribution in [0.3, 0.4) is 0 Å². The zero-order valence-electron chi connectivity index (χ0n) is 28.6. The Hall–Kier alpha value is -4.63. The average Bonchev–Trinajstić information content (AvgIpc) is 3.74. The lowest BCUT2D eigenvalue weighted by molar-refractivity contribution is 0.0944. The minimum Gasteiger partial charge on any atom is -0.493 e. The molecule has 0 spiro atoms. The predicted molar refractivity (Wildman–Crippen MR) is 189 cm³/mol. The Morgan fingerprint density at radius 2 is 1.73 bits per heavy atom. The molecule has 6 rings (SSSR count). The number of ether oxygens (including phenoxy) is 4. The number of para-hydroxylation sites is 2. The third-order valence-corrected chi connectivity index (χ3v) is 10.1. The topological polar surface area (TPSA) is 123 Å². The summed E-state index contributed by atoms with van der Waals surface area (Å²) in [5.74, 6) is 2.17. The summed E-state index contributed by atoms with van der Waals surface area (Å²) in [5, 5.41) is 16.1. The van der Waals surface area contributed by atoms with Crippen molar-refractivity contribution >= 4 is 22.8 Å². The molecule has 2 atom stereocenters. The first-order valence-corrected chi connectivity index (χ1v) is 17.0. The Balaban J connectivity index is 1.11. The molecule has 11 nitrogen and oxygen atoms in total. The number of methoxy groups -OCH3 is 3. The van der Waals surface area contributed by atoms with Crippen molar-refractivity contribution in [3.8, 4) is 23.3 Å². The molecule has 3 aromatic carbocycles. The van der Waals surface area contributed by atoms with Gasteiger partial charge in [0, 0.05) is 37.6 Å². The fourth-order valence-electron chi connectivity index (χ4n) is 7.41. The number of carbonyl (C=O) groups is 1. The highest BCUT2D eigenvalue weighted by atomic mass is 16.5. The summed E-state index contributed by atoms with van der Waals surface area (Å²) in [5.41, 5.74) is 3.56. The quantitative estimate of drug-likeness (QED) is 0.132. The Kier molecular flexibility index (Phi) is 11.0. The number of Topliss-reactive ketones (excluding diaryl/α,β-unsaturated/α-hetero) is 1. The van der Waals surface area contributed by atoms with Gasteiger partial charge in [0.25, 0.3) is 0 Å². The van der Waals surface area contributed by atoms with Crippen molar-refractivity contribution < 1.29 is 23.7 Å². The molecule has 11 heteroatoms. The van der Waals surface area contributed by atoms with Crippen LogP contribution in [-0.4, -0.2) is 93.0 Å². The minimum absolute atomic E-state index is 0.00912. The molecule has 2 fully saturated rings. The summed E-state index contributed by atoms with van der Waals surface area (Å²) in [7, 11) is 4.67. The van der Waals surface area contributed by atoms with Crippen LogP contribution in [0.4, 0.5) is 5.95 Å². The lowest BCUT2D eigenvalue weighted by Gasteiger charge is -2.36. The molecule has 2 N–H and O–H groups in total. The lowest BCUT2D eigenvalue weighted by atomic mass is 9.75. The summed E-state index contributed by atoms with van der Waals surface area (Å²) in [4.78, 5) is 21.4. The maximum absolute atomic E-state index is 14.0. The Labute approximate surface area is 288 Å². The molecule has 2 saturated heterocycles. The molecule has 0 radical (unpaired) electrons. The number of fused-ring (bicyclic) bond motifs is 1. The van der Waals surface area contributed by atoms with Gasteiger partial charge in [-0.15, -0.1) is 0 Å². The number of nitrogens with zero attached hydrogens (tertiary/aromatic N) is 4. The standard InChI is InChI=1S/C38H46N6O5/c1-46-33-14-13-29(35(47-2)36(33)48-3)34(45)31-25-38(26-40-31,27-9-5-4-6-10-27)17-21-43-19-15-28(16-20-43)41-37-42-30-11-7-8-12-32(30)44(37)22-24-49-23-18-39/h4-14,28,31,40H,15-17,19-26H2,1-3H3,(H,41,42). The third-order valence-electron chi connectivity index (χ3n) is 10.1. The summed E-state index contributed by atoms with van der Waals surface area (Å²) in [6.07, 6.45) is 3.64. The van der Waals surface area contributed by atoms with E-state index in [2.05, 4.69) is 50.4 Å². The normalized spacial score (nSPS) is 19.8. The number of hydrogen-bond acceptors (Lipinski definition) is 10. The van der Waals surface area contributed by atoms with Crippen LogP contribution in [0.15, 0.2) is 66.7 Å². The van der Waals surface area contributed by atoms with Gasteiger partial charge in [-0.1, -0.05) is 42.5 Å². The van der Waals surface area contributed by atoms with Crippen molar-refractivity contribution in [1.29, 1.82) is 5.26 Å². The SMILES string of the molecule is COc1ccc(C(=O)C2CC(CCN3CCC(Nc4nc5ccccc5n4CCOCC#N)CC3)(c3ccccc3)CN2)c(OC)c1OC. The van der Waals surface area contributed by atoms with E-state index in [1.165, 1.54) is 5.56 Å². The van der Waals surface area contributed by atoms with Gasteiger partial charge in [-0.2, -0.15) is 5.26 Å². The first-order chi connectivity index (χ1) is 24.0. The number of benzene rings is 3. The highest BCUT2D eigenvalue weighted by Crippen LogP contribution is 2.43. The molecule has 1 aromatic heterocycles. The van der Waals surface area contributed by atoms with E-state index < -0.39 is 0 Å². The van der Waals surface area contributed by atoms with Gasteiger partial charge >= 0.3 is 0 Å². The maximum atomic E-state index is 14.0. The van der Waals surface area contributed by atoms with E-state index in [0.717, 1.165) is 62.4 Å². The second-order valence-corrected chi connectivity index (χ2v) is 12.8. The van der Waals surface area contributed by atoms with Crippen LogP contribution in [0, 0.1) is 11.3 Å². The van der Waals surface area contributed by atoms with Crippen LogP contribution < -0.4 is 24.8 Å². The van der Waals surface area contributed by atoms with Gasteiger partial charge in [-0.3, -0.25) is 4.79 Å². The van der Waals surface area contributed by atoms with E-state index in [4.69, 9.17) is 29.2 Å². The van der Waals surface area contributed by atoms with Gasteiger partial charge in [-0.25, -0.2) is 4.98 Å². The van der Waals surface area contributed by atoms with Crippen molar-refractivity contribution in [1.82, 2.24) is 19.8 Å². The van der Waals surface area contributed by atoms with Crippen LogP contribution in [0.2, 0.25) is 0 Å². The van der Waals surface area contributed by atoms with Crippen LogP contribution >= 0.6 is 0 Å². The molecule has 3 heterocycles. The monoisotopic (exact) mass is 666 g/mol. The highest BCUT2D eigenvalue weighted by molar-refractivity contribution is 6.03. The molecule has 49 heavy (non-hydrogen) atoms. The number of piperidine rings is 1. The van der Waals surface area contributed by atoms with Gasteiger partial charge in [0.05, 0.1) is 56.6 Å². The zero-order chi connectivity index (χ0) is 34.2. The van der Waals surface area contributed by atoms with Crippen molar-refractivity contribution in [2.24, 2.45) is 0 Å². The van der Waals surface area contributed by atoms with E-state index in [9.17, 15) is 4.79 Å². The molecule has 2 unspecified atom stereocenters. The van der Waals surface area contributed by atoms with Gasteiger partial charge in [0.1, 0.15) is 6.61 Å². The number of carbonyl (C=O) groups excluding carboxylic acids is 1. The van der Waals surface area contributed by atoms with E-state index in [1.807, 2.05) is 30.3 Å². The number of hydrogen-bond donors (Lipinski definition) is 2. The summed E-state index contributed by atoms with van der Waals surface area (Å²) in [6.45, 7) is 4.78. The van der Waals surface area contributed by atoms with E-state index >= 15 is 0 Å². The highest BCUT2D eigenvalue weighted by Gasteiger charge is 2.44. The Morgan fingerprint density at radius 3 is 2.47 bits per heavy atom. The van der Waals surface area contributed by atoms with E-state index in [1.54, 1.807) is 33.5 Å². The smallest absolute Gasteiger partial charge is 0.204 e. The van der Waals surface area contributed by atoms with E-state index in [0.29, 0.717) is 48.4 Å². The van der Waals surface area contributed by atoms with Crippen molar-refractivity contribution in [3.63, 3.8) is 0 Å². The van der Waals surface area contributed by atoms with Gasteiger partial charge in [-0.05, 0) is 62.1 Å². The van der Waals surface area contributed by atoms with Crippen molar-refractivity contribution in [2.45, 2.75) is 49.7 Å². The van der Waals surface area contributed by atoms with Crippen LogP contribution in [0.25, 0.3) is 11.0 Å². The summed E-state index contributed by atoms with van der Waals surface area (Å²) >= 11 is 0. The molecule has 0 aliphatic carbocycles. The molecular formula is C38H46N6O5. The second kappa shape index (κ2) is 15.7. The summed E-state index contributed by atoms with van der Waals surface area (Å²) < 4.78 is 24.3. The predicted octanol–water partition coefficient (Wildman–Crippen LogP) is 5.05. The molecule has 2 aliphatic rings. The van der Waals surface area contributed by atoms with Gasteiger partial charge < -0.3 is 39.0 Å². The van der Waals surface area contributed by atoms with Crippen molar-refractivity contribution in [2.75, 3.05) is 66.0 Å². The minimum atomic E-state index is -0.355. The van der Waals surface area contributed by atoms with Crippen LogP contribution in [0.5, 0.6) is 17.2 Å². The first-order valence-electron chi connectivity index (χ1n) is 17.0. The number of likely N-dealkylation sites (tertiary alicyclic amines) is 1. The number of nitrogens with one attached hydrogen (secondary N) is 2. The number of nitriles is 1. The lowest BCUT2D eigenvalue weighted by Crippen LogP contribution is -2.42. The second-order valence-electron chi connectivity index (χ2n) is 12.8. The first kappa shape index (κ1) is 34.2. The Bertz CT molecular complexity index is 1760. The number of imidazole rings is 1. The molecule has 0 amide bonds. The molecule has 0 saturated carbocycles. The molecule has 258 valence electrons. The largest absolute Gasteiger partial charge is 0.493 e. The van der Waals surface area contributed by atoms with E-state index in [-0.39, 0.29) is 23.8 Å². The molecule has 0 bridgehead atoms. The molecular weight excluding hydrogens is 620 g/mol. The number of anilines is 1. The number of rotatable bonds is 15. The van der Waals surface area contributed by atoms with Gasteiger partial charge in [0.15, 0.2) is 17.3 Å². The molecule has 2 aliphatic heterocycles. The number of aromatic nitrogens is 2. The van der Waals surface area contributed by atoms with Gasteiger partial charge in [0.2, 0.25) is 11.7 Å². The fourth-order valence-corrected chi connectivity index (χ4v) is 7.41. The number of ketones is 1. The third kappa shape index (κ3) is 7.37.